The third-order valence-corrected chi connectivity index (χ3v) is 3.16. The monoisotopic (exact) mass is 328 g/mol. The summed E-state index contributed by atoms with van der Waals surface area (Å²) in [6, 6.07) is 9.44. The van der Waals surface area contributed by atoms with Gasteiger partial charge in [0, 0.05) is 11.4 Å². The van der Waals surface area contributed by atoms with Gasteiger partial charge < -0.3 is 15.3 Å². The van der Waals surface area contributed by atoms with E-state index in [1.165, 1.54) is 24.4 Å². The maximum absolute atomic E-state index is 12.0. The van der Waals surface area contributed by atoms with Crippen LogP contribution in [0.2, 0.25) is 0 Å². The van der Waals surface area contributed by atoms with Crippen molar-refractivity contribution in [3.63, 3.8) is 0 Å². The van der Waals surface area contributed by atoms with Crippen molar-refractivity contribution in [1.29, 1.82) is 0 Å². The highest BCUT2D eigenvalue weighted by atomic mass is 16.8. The molecule has 24 heavy (non-hydrogen) atoms. The first kappa shape index (κ1) is 15.4. The summed E-state index contributed by atoms with van der Waals surface area (Å²) in [6.07, 6.45) is 1.51. The van der Waals surface area contributed by atoms with Gasteiger partial charge in [-0.05, 0) is 29.2 Å². The fourth-order valence-corrected chi connectivity index (χ4v) is 2.03. The van der Waals surface area contributed by atoms with Gasteiger partial charge in [-0.15, -0.1) is 0 Å². The van der Waals surface area contributed by atoms with Crippen LogP contribution in [0.4, 0.5) is 0 Å². The minimum Gasteiger partial charge on any atom is -0.460 e. The van der Waals surface area contributed by atoms with Gasteiger partial charge in [0.15, 0.2) is 0 Å². The van der Waals surface area contributed by atoms with Crippen LogP contribution in [-0.2, 0) is 4.74 Å². The summed E-state index contributed by atoms with van der Waals surface area (Å²) in [5, 5.41) is 17.4. The van der Waals surface area contributed by atoms with Gasteiger partial charge >= 0.3 is 5.97 Å². The maximum Gasteiger partial charge on any atom is 0.342 e. The Balaban J connectivity index is 1.55. The molecule has 0 radical (unpaired) electrons. The highest BCUT2D eigenvalue weighted by molar-refractivity contribution is 6.00. The van der Waals surface area contributed by atoms with E-state index in [4.69, 9.17) is 4.74 Å². The number of fused-ring (bicyclic) bond motifs is 1. The number of aromatic nitrogens is 3. The molecule has 3 rings (SSSR count). The van der Waals surface area contributed by atoms with Crippen molar-refractivity contribution in [2.45, 2.75) is 0 Å². The van der Waals surface area contributed by atoms with Crippen LogP contribution in [0.25, 0.3) is 11.0 Å². The largest absolute Gasteiger partial charge is 0.460 e. The number of amides is 1. The molecule has 0 aliphatic carbocycles. The smallest absolute Gasteiger partial charge is 0.342 e. The van der Waals surface area contributed by atoms with E-state index in [1.54, 1.807) is 18.2 Å². The number of carbonyl (C=O) groups excluding carboxylic acids is 2. The van der Waals surface area contributed by atoms with E-state index in [9.17, 15) is 14.8 Å². The molecule has 9 heteroatoms. The van der Waals surface area contributed by atoms with Gasteiger partial charge in [0.05, 0.1) is 6.54 Å². The lowest BCUT2D eigenvalue weighted by Gasteiger charge is -2.06. The zero-order chi connectivity index (χ0) is 16.9. The molecule has 9 nitrogen and oxygen atoms in total. The summed E-state index contributed by atoms with van der Waals surface area (Å²) in [7, 11) is 0. The molecule has 0 saturated carbocycles. The number of benzene rings is 1. The van der Waals surface area contributed by atoms with Gasteiger partial charge in [-0.25, -0.2) is 4.79 Å². The number of ether oxygens (including phenoxy) is 1. The van der Waals surface area contributed by atoms with Gasteiger partial charge in [0.25, 0.3) is 11.4 Å². The van der Waals surface area contributed by atoms with E-state index < -0.39 is 5.97 Å². The lowest BCUT2D eigenvalue weighted by Crippen LogP contribution is -2.28. The Morgan fingerprint density at radius 3 is 2.92 bits per heavy atom. The average molecular weight is 328 g/mol. The molecule has 0 fully saturated rings. The molecule has 2 heterocycles. The Hall–Kier alpha value is -3.49. The second kappa shape index (κ2) is 6.73. The predicted molar refractivity (Wildman–Crippen MR) is 79.8 cm³/mol. The van der Waals surface area contributed by atoms with Crippen LogP contribution >= 0.6 is 0 Å². The van der Waals surface area contributed by atoms with Crippen LogP contribution < -0.4 is 10.2 Å². The number of nitrogens with one attached hydrogen (secondary N) is 1. The molecule has 0 aliphatic rings. The van der Waals surface area contributed by atoms with Gasteiger partial charge in [-0.2, -0.15) is 0 Å². The molecular weight excluding hydrogens is 316 g/mol. The van der Waals surface area contributed by atoms with E-state index in [0.717, 1.165) is 0 Å². The molecule has 0 atom stereocenters. The van der Waals surface area contributed by atoms with Gasteiger partial charge in [0.2, 0.25) is 5.52 Å². The first-order valence-corrected chi connectivity index (χ1v) is 7.01. The van der Waals surface area contributed by atoms with Crippen LogP contribution in [0.5, 0.6) is 0 Å². The van der Waals surface area contributed by atoms with Crippen molar-refractivity contribution in [2.75, 3.05) is 13.2 Å². The van der Waals surface area contributed by atoms with E-state index in [0.29, 0.717) is 0 Å². The SMILES string of the molecule is O=C(NCCOC(=O)c1cccc2c1no[n+]2[O-])c1ccccn1. The van der Waals surface area contributed by atoms with Crippen LogP contribution in [0.3, 0.4) is 0 Å². The number of hydrogen-bond donors (Lipinski definition) is 1. The van der Waals surface area contributed by atoms with Crippen LogP contribution in [0.1, 0.15) is 20.8 Å². The Morgan fingerprint density at radius 2 is 2.12 bits per heavy atom. The Bertz CT molecular complexity index is 878. The average Bonchev–Trinajstić information content (AvgIpc) is 3.00. The first-order valence-electron chi connectivity index (χ1n) is 7.01. The summed E-state index contributed by atoms with van der Waals surface area (Å²) in [5.41, 5.74) is 0.640. The van der Waals surface area contributed by atoms with Crippen LogP contribution in [0, 0.1) is 5.21 Å². The fourth-order valence-electron chi connectivity index (χ4n) is 2.03. The molecule has 122 valence electrons. The van der Waals surface area contributed by atoms with Crippen LogP contribution in [0.15, 0.2) is 47.2 Å². The molecule has 1 amide bonds. The maximum atomic E-state index is 12.0. The van der Waals surface area contributed by atoms with E-state index in [-0.39, 0.29) is 46.3 Å². The molecule has 0 bridgehead atoms. The zero-order valence-electron chi connectivity index (χ0n) is 12.3. The first-order chi connectivity index (χ1) is 11.7. The Labute approximate surface area is 135 Å². The van der Waals surface area contributed by atoms with Gasteiger partial charge in [-0.1, -0.05) is 12.1 Å². The van der Waals surface area contributed by atoms with Crippen LogP contribution in [-0.4, -0.2) is 35.2 Å². The highest BCUT2D eigenvalue weighted by Crippen LogP contribution is 2.14. The number of pyridine rings is 1. The molecule has 0 saturated heterocycles. The number of nitrogens with zero attached hydrogens (tertiary/aromatic N) is 3. The van der Waals surface area contributed by atoms with Crippen molar-refractivity contribution < 1.29 is 23.9 Å². The van der Waals surface area contributed by atoms with E-state index in [1.807, 2.05) is 0 Å². The zero-order valence-corrected chi connectivity index (χ0v) is 12.3. The van der Waals surface area contributed by atoms with Gasteiger partial charge in [0.1, 0.15) is 17.9 Å². The molecule has 3 aromatic rings. The molecule has 1 aromatic carbocycles. The topological polar surface area (TPSA) is 121 Å². The number of esters is 1. The Morgan fingerprint density at radius 1 is 1.25 bits per heavy atom. The number of rotatable bonds is 5. The normalized spacial score (nSPS) is 10.5. The number of carbonyl (C=O) groups is 2. The fraction of sp³-hybridized carbons (Fsp3) is 0.133. The molecule has 2 aromatic heterocycles. The van der Waals surface area contributed by atoms with Crippen molar-refractivity contribution >= 4 is 22.9 Å². The third kappa shape index (κ3) is 3.14. The molecule has 1 N–H and O–H groups in total. The number of hydrogen-bond acceptors (Lipinski definition) is 7. The summed E-state index contributed by atoms with van der Waals surface area (Å²) < 4.78 is 9.52. The molecule has 0 spiro atoms. The van der Waals surface area contributed by atoms with Crippen molar-refractivity contribution in [2.24, 2.45) is 0 Å². The highest BCUT2D eigenvalue weighted by Gasteiger charge is 2.20. The lowest BCUT2D eigenvalue weighted by atomic mass is 10.2. The van der Waals surface area contributed by atoms with E-state index >= 15 is 0 Å². The summed E-state index contributed by atoms with van der Waals surface area (Å²) in [5.74, 6) is -1.03. The molecular formula is C15H12N4O5. The lowest BCUT2D eigenvalue weighted by molar-refractivity contribution is -0.782. The Kier molecular flexibility index (Phi) is 4.32. The third-order valence-electron chi connectivity index (χ3n) is 3.16. The standard InChI is InChI=1S/C15H12N4O5/c20-14(11-5-1-2-7-16-11)17-8-9-23-15(21)10-4-3-6-12-13(10)18-24-19(12)22/h1-7H,8-9H2,(H,17,20). The summed E-state index contributed by atoms with van der Waals surface area (Å²) >= 11 is 0. The van der Waals surface area contributed by atoms with Crippen molar-refractivity contribution in [1.82, 2.24) is 15.5 Å². The minimum absolute atomic E-state index is 0.0387. The molecule has 0 aliphatic heterocycles. The van der Waals surface area contributed by atoms with Crippen molar-refractivity contribution in [3.8, 4) is 0 Å². The predicted octanol–water partition coefficient (Wildman–Crippen LogP) is 0.443. The summed E-state index contributed by atoms with van der Waals surface area (Å²) in [4.78, 5) is 27.9. The second-order valence-electron chi connectivity index (χ2n) is 4.71. The second-order valence-corrected chi connectivity index (χ2v) is 4.71. The molecule has 0 unspecified atom stereocenters. The van der Waals surface area contributed by atoms with E-state index in [2.05, 4.69) is 20.1 Å². The van der Waals surface area contributed by atoms with Crippen molar-refractivity contribution in [3.05, 3.63) is 59.1 Å². The quantitative estimate of drug-likeness (QED) is 0.410. The summed E-state index contributed by atoms with van der Waals surface area (Å²) in [6.45, 7) is 0.0838. The van der Waals surface area contributed by atoms with Gasteiger partial charge in [-0.3, -0.25) is 14.4 Å². The minimum atomic E-state index is -0.665.